The van der Waals surface area contributed by atoms with E-state index in [1.54, 1.807) is 0 Å². The van der Waals surface area contributed by atoms with Crippen LogP contribution in [-0.2, 0) is 11.0 Å². The van der Waals surface area contributed by atoms with Crippen LogP contribution in [0.3, 0.4) is 0 Å². The van der Waals surface area contributed by atoms with Crippen molar-refractivity contribution in [3.8, 4) is 0 Å². The monoisotopic (exact) mass is 283 g/mol. The molecule has 1 amide bonds. The first kappa shape index (κ1) is 13.5. The predicted molar refractivity (Wildman–Crippen MR) is 69.0 cm³/mol. The summed E-state index contributed by atoms with van der Waals surface area (Å²) in [7, 11) is 0. The maximum Gasteiger partial charge on any atom is 0.418 e. The number of anilines is 1. The maximum absolute atomic E-state index is 12.9. The van der Waals surface area contributed by atoms with Crippen molar-refractivity contribution in [1.82, 2.24) is 0 Å². The van der Waals surface area contributed by atoms with Gasteiger partial charge >= 0.3 is 6.18 Å². The molecule has 0 saturated heterocycles. The highest BCUT2D eigenvalue weighted by Gasteiger charge is 2.43. The maximum atomic E-state index is 12.9. The number of hydrogen-bond donors (Lipinski definition) is 1. The molecule has 2 nitrogen and oxygen atoms in total. The zero-order chi connectivity index (χ0) is 14.3. The molecule has 1 aromatic carbocycles. The number of nitrogens with one attached hydrogen (secondary N) is 1. The van der Waals surface area contributed by atoms with E-state index in [0.29, 0.717) is 11.8 Å². The lowest BCUT2D eigenvalue weighted by Gasteiger charge is -2.22. The number of halogens is 3. The molecule has 1 N–H and O–H groups in total. The van der Waals surface area contributed by atoms with Gasteiger partial charge in [0.05, 0.1) is 11.3 Å². The van der Waals surface area contributed by atoms with Gasteiger partial charge in [-0.3, -0.25) is 4.79 Å². The van der Waals surface area contributed by atoms with Gasteiger partial charge in [0.15, 0.2) is 0 Å². The number of alkyl halides is 3. The summed E-state index contributed by atoms with van der Waals surface area (Å²) in [4.78, 5) is 12.2. The van der Waals surface area contributed by atoms with E-state index in [2.05, 4.69) is 5.32 Å². The van der Waals surface area contributed by atoms with Gasteiger partial charge in [-0.15, -0.1) is 0 Å². The van der Waals surface area contributed by atoms with E-state index in [0.717, 1.165) is 31.7 Å². The van der Waals surface area contributed by atoms with Crippen LogP contribution in [0.15, 0.2) is 24.3 Å². The molecule has 0 aromatic heterocycles. The SMILES string of the molecule is O=C(Nc1ccccc1C(F)(F)F)C1CC2CCC1C2. The fraction of sp³-hybridized carbons (Fsp3) is 0.533. The van der Waals surface area contributed by atoms with Crippen molar-refractivity contribution in [3.63, 3.8) is 0 Å². The average Bonchev–Trinajstić information content (AvgIpc) is 3.00. The first-order valence-corrected chi connectivity index (χ1v) is 6.92. The van der Waals surface area contributed by atoms with E-state index in [9.17, 15) is 18.0 Å². The van der Waals surface area contributed by atoms with Crippen LogP contribution in [0.5, 0.6) is 0 Å². The molecule has 0 radical (unpaired) electrons. The highest BCUT2D eigenvalue weighted by atomic mass is 19.4. The standard InChI is InChI=1S/C15H16F3NO/c16-15(17,18)12-3-1-2-4-13(12)19-14(20)11-8-9-5-6-10(11)7-9/h1-4,9-11H,5-8H2,(H,19,20). The summed E-state index contributed by atoms with van der Waals surface area (Å²) in [5.41, 5.74) is -0.913. The van der Waals surface area contributed by atoms with Crippen LogP contribution in [0.4, 0.5) is 18.9 Å². The van der Waals surface area contributed by atoms with Crippen LogP contribution >= 0.6 is 0 Å². The normalized spacial score (nSPS) is 28.6. The molecule has 2 fully saturated rings. The van der Waals surface area contributed by atoms with Crippen molar-refractivity contribution < 1.29 is 18.0 Å². The van der Waals surface area contributed by atoms with Crippen molar-refractivity contribution in [2.45, 2.75) is 31.9 Å². The van der Waals surface area contributed by atoms with E-state index >= 15 is 0 Å². The van der Waals surface area contributed by atoms with Gasteiger partial charge in [-0.05, 0) is 43.2 Å². The molecule has 108 valence electrons. The zero-order valence-electron chi connectivity index (χ0n) is 10.9. The molecular formula is C15H16F3NO. The summed E-state index contributed by atoms with van der Waals surface area (Å²) >= 11 is 0. The average molecular weight is 283 g/mol. The van der Waals surface area contributed by atoms with Crippen molar-refractivity contribution in [2.24, 2.45) is 17.8 Å². The highest BCUT2D eigenvalue weighted by molar-refractivity contribution is 5.93. The molecule has 2 saturated carbocycles. The largest absolute Gasteiger partial charge is 0.418 e. The lowest BCUT2D eigenvalue weighted by atomic mass is 9.88. The van der Waals surface area contributed by atoms with Gasteiger partial charge in [-0.1, -0.05) is 18.6 Å². The zero-order valence-corrected chi connectivity index (χ0v) is 10.9. The van der Waals surface area contributed by atoms with E-state index in [-0.39, 0.29) is 17.5 Å². The number of benzene rings is 1. The Labute approximate surface area is 115 Å². The smallest absolute Gasteiger partial charge is 0.325 e. The fourth-order valence-corrected chi connectivity index (χ4v) is 3.63. The number of carbonyl (C=O) groups is 1. The second-order valence-electron chi connectivity index (χ2n) is 5.81. The third kappa shape index (κ3) is 2.41. The molecular weight excluding hydrogens is 267 g/mol. The Balaban J connectivity index is 1.77. The topological polar surface area (TPSA) is 29.1 Å². The van der Waals surface area contributed by atoms with Crippen LogP contribution in [0.25, 0.3) is 0 Å². The highest BCUT2D eigenvalue weighted by Crippen LogP contribution is 2.48. The Hall–Kier alpha value is -1.52. The first-order chi connectivity index (χ1) is 9.45. The van der Waals surface area contributed by atoms with Gasteiger partial charge in [0.2, 0.25) is 5.91 Å². The molecule has 0 heterocycles. The van der Waals surface area contributed by atoms with Crippen LogP contribution in [-0.4, -0.2) is 5.91 Å². The second kappa shape index (κ2) is 4.79. The Morgan fingerprint density at radius 2 is 1.90 bits per heavy atom. The molecule has 5 heteroatoms. The van der Waals surface area contributed by atoms with Gasteiger partial charge < -0.3 is 5.32 Å². The molecule has 1 aromatic rings. The first-order valence-electron chi connectivity index (χ1n) is 6.92. The third-order valence-corrected chi connectivity index (χ3v) is 4.57. The number of carbonyl (C=O) groups excluding carboxylic acids is 1. The lowest BCUT2D eigenvalue weighted by molar-refractivity contribution is -0.137. The van der Waals surface area contributed by atoms with E-state index in [1.165, 1.54) is 18.2 Å². The van der Waals surface area contributed by atoms with E-state index in [1.807, 2.05) is 0 Å². The van der Waals surface area contributed by atoms with Gasteiger partial charge in [0, 0.05) is 5.92 Å². The van der Waals surface area contributed by atoms with Gasteiger partial charge in [0.25, 0.3) is 0 Å². The van der Waals surface area contributed by atoms with Crippen LogP contribution in [0.1, 0.15) is 31.2 Å². The number of hydrogen-bond acceptors (Lipinski definition) is 1. The quantitative estimate of drug-likeness (QED) is 0.870. The number of para-hydroxylation sites is 1. The molecule has 2 aliphatic carbocycles. The number of fused-ring (bicyclic) bond motifs is 2. The third-order valence-electron chi connectivity index (χ3n) is 4.57. The van der Waals surface area contributed by atoms with E-state index in [4.69, 9.17) is 0 Å². The van der Waals surface area contributed by atoms with Crippen molar-refractivity contribution >= 4 is 11.6 Å². The molecule has 20 heavy (non-hydrogen) atoms. The second-order valence-corrected chi connectivity index (χ2v) is 5.81. The summed E-state index contributed by atoms with van der Waals surface area (Å²) in [6.45, 7) is 0. The molecule has 0 spiro atoms. The van der Waals surface area contributed by atoms with Crippen molar-refractivity contribution in [1.29, 1.82) is 0 Å². The summed E-state index contributed by atoms with van der Waals surface area (Å²) in [5, 5.41) is 2.48. The minimum absolute atomic E-state index is 0.116. The predicted octanol–water partition coefficient (Wildman–Crippen LogP) is 4.08. The summed E-state index contributed by atoms with van der Waals surface area (Å²) < 4.78 is 38.6. The molecule has 3 rings (SSSR count). The van der Waals surface area contributed by atoms with Crippen LogP contribution < -0.4 is 5.32 Å². The number of rotatable bonds is 2. The Morgan fingerprint density at radius 1 is 1.15 bits per heavy atom. The van der Waals surface area contributed by atoms with Crippen molar-refractivity contribution in [3.05, 3.63) is 29.8 Å². The Bertz CT molecular complexity index is 526. The summed E-state index contributed by atoms with van der Waals surface area (Å²) in [5.74, 6) is 0.579. The van der Waals surface area contributed by atoms with E-state index < -0.39 is 11.7 Å². The van der Waals surface area contributed by atoms with Crippen molar-refractivity contribution in [2.75, 3.05) is 5.32 Å². The Kier molecular flexibility index (Phi) is 3.22. The van der Waals surface area contributed by atoms with Gasteiger partial charge in [-0.2, -0.15) is 13.2 Å². The Morgan fingerprint density at radius 3 is 2.50 bits per heavy atom. The van der Waals surface area contributed by atoms with Gasteiger partial charge in [-0.25, -0.2) is 0 Å². The molecule has 0 aliphatic heterocycles. The molecule has 2 bridgehead atoms. The minimum Gasteiger partial charge on any atom is -0.325 e. The fourth-order valence-electron chi connectivity index (χ4n) is 3.63. The van der Waals surface area contributed by atoms with Crippen LogP contribution in [0.2, 0.25) is 0 Å². The lowest BCUT2D eigenvalue weighted by Crippen LogP contribution is -2.28. The molecule has 3 atom stereocenters. The van der Waals surface area contributed by atoms with Gasteiger partial charge in [0.1, 0.15) is 0 Å². The molecule has 3 unspecified atom stereocenters. The minimum atomic E-state index is -4.45. The van der Waals surface area contributed by atoms with Crippen LogP contribution in [0, 0.1) is 17.8 Å². The molecule has 2 aliphatic rings. The summed E-state index contributed by atoms with van der Waals surface area (Å²) in [6, 6.07) is 5.14. The summed E-state index contributed by atoms with van der Waals surface area (Å²) in [6.07, 6.45) is -0.375. The number of amides is 1.